The number of hydrogen-bond donors (Lipinski definition) is 5. The van der Waals surface area contributed by atoms with Crippen LogP contribution in [0, 0.1) is 46.3 Å². The van der Waals surface area contributed by atoms with Crippen LogP contribution in [-0.4, -0.2) is 47.4 Å². The molecule has 0 bridgehead atoms. The normalized spacial score (nSPS) is 42.5. The van der Waals surface area contributed by atoms with Gasteiger partial charge in [-0.1, -0.05) is 20.8 Å². The summed E-state index contributed by atoms with van der Waals surface area (Å²) in [6, 6.07) is 0. The average Bonchev–Trinajstić information content (AvgIpc) is 3.18. The smallest absolute Gasteiger partial charge is 0.220 e. The zero-order chi connectivity index (χ0) is 26.1. The molecule has 0 unspecified atom stereocenters. The van der Waals surface area contributed by atoms with Crippen LogP contribution < -0.4 is 16.8 Å². The molecule has 0 aromatic carbocycles. The van der Waals surface area contributed by atoms with Gasteiger partial charge in [-0.05, 0) is 117 Å². The SMILES string of the molecule is C[C@@H](CCC(=O)NCCCCN=C(N)N)[C@@H]1CC[C@@H]2[C@H]3[C@H](O)C[C@H]4C[C@@H](O)CC[C@@]4(C)[C@@H]3CC[C@]21C. The fraction of sp³-hybridized carbons (Fsp3) is 0.931. The molecule has 4 fully saturated rings. The number of aliphatic imine (C=N–C) groups is 1. The quantitative estimate of drug-likeness (QED) is 0.186. The molecule has 7 N–H and O–H groups in total. The predicted octanol–water partition coefficient (Wildman–Crippen LogP) is 3.56. The second-order valence-corrected chi connectivity index (χ2v) is 13.3. The number of aliphatic hydroxyl groups excluding tert-OH is 2. The monoisotopic (exact) mass is 504 g/mol. The van der Waals surface area contributed by atoms with Gasteiger partial charge in [0.2, 0.25) is 5.91 Å². The molecule has 7 heteroatoms. The van der Waals surface area contributed by atoms with Crippen molar-refractivity contribution in [1.29, 1.82) is 0 Å². The van der Waals surface area contributed by atoms with E-state index >= 15 is 0 Å². The minimum atomic E-state index is -0.227. The molecule has 1 amide bonds. The van der Waals surface area contributed by atoms with E-state index in [1.165, 1.54) is 25.7 Å². The van der Waals surface area contributed by atoms with Gasteiger partial charge in [0.15, 0.2) is 5.96 Å². The maximum atomic E-state index is 12.5. The zero-order valence-corrected chi connectivity index (χ0v) is 22.9. The molecule has 4 rings (SSSR count). The zero-order valence-electron chi connectivity index (χ0n) is 22.9. The number of rotatable bonds is 9. The number of fused-ring (bicyclic) bond motifs is 5. The number of guanidine groups is 1. The van der Waals surface area contributed by atoms with Crippen molar-refractivity contribution < 1.29 is 15.0 Å². The van der Waals surface area contributed by atoms with Crippen LogP contribution in [0.4, 0.5) is 0 Å². The molecule has 0 aromatic heterocycles. The molecule has 0 radical (unpaired) electrons. The first-order valence-electron chi connectivity index (χ1n) is 14.7. The maximum absolute atomic E-state index is 12.5. The van der Waals surface area contributed by atoms with Gasteiger partial charge in [0.25, 0.3) is 0 Å². The Morgan fingerprint density at radius 1 is 1.03 bits per heavy atom. The number of unbranched alkanes of at least 4 members (excludes halogenated alkanes) is 1. The molecule has 4 saturated carbocycles. The number of amides is 1. The Morgan fingerprint density at radius 2 is 1.75 bits per heavy atom. The topological polar surface area (TPSA) is 134 Å². The Bertz CT molecular complexity index is 801. The molecule has 206 valence electrons. The molecular weight excluding hydrogens is 452 g/mol. The number of nitrogens with one attached hydrogen (secondary N) is 1. The summed E-state index contributed by atoms with van der Waals surface area (Å²) in [5.74, 6) is 3.44. The van der Waals surface area contributed by atoms with Crippen molar-refractivity contribution in [3.05, 3.63) is 0 Å². The highest BCUT2D eigenvalue weighted by Gasteiger charge is 2.62. The van der Waals surface area contributed by atoms with Gasteiger partial charge < -0.3 is 27.0 Å². The molecule has 0 aromatic rings. The van der Waals surface area contributed by atoms with Crippen molar-refractivity contribution in [3.63, 3.8) is 0 Å². The predicted molar refractivity (Wildman–Crippen MR) is 144 cm³/mol. The molecule has 10 atom stereocenters. The summed E-state index contributed by atoms with van der Waals surface area (Å²) in [7, 11) is 0. The van der Waals surface area contributed by atoms with Gasteiger partial charge in [-0.3, -0.25) is 9.79 Å². The molecule has 0 spiro atoms. The number of carbonyl (C=O) groups is 1. The third-order valence-corrected chi connectivity index (χ3v) is 11.4. The van der Waals surface area contributed by atoms with E-state index in [1.54, 1.807) is 0 Å². The fourth-order valence-corrected chi connectivity index (χ4v) is 9.50. The summed E-state index contributed by atoms with van der Waals surface area (Å²) in [6.07, 6.45) is 11.5. The lowest BCUT2D eigenvalue weighted by atomic mass is 9.43. The lowest BCUT2D eigenvalue weighted by Gasteiger charge is -2.62. The first kappa shape index (κ1) is 27.7. The highest BCUT2D eigenvalue weighted by Crippen LogP contribution is 2.68. The molecule has 4 aliphatic rings. The number of nitrogens with two attached hydrogens (primary N) is 2. The van der Waals surface area contributed by atoms with E-state index in [2.05, 4.69) is 31.1 Å². The highest BCUT2D eigenvalue weighted by atomic mass is 16.3. The van der Waals surface area contributed by atoms with E-state index < -0.39 is 0 Å². The van der Waals surface area contributed by atoms with Gasteiger partial charge >= 0.3 is 0 Å². The number of hydrogen-bond acceptors (Lipinski definition) is 4. The van der Waals surface area contributed by atoms with Crippen LogP contribution in [0.2, 0.25) is 0 Å². The van der Waals surface area contributed by atoms with Crippen molar-refractivity contribution in [1.82, 2.24) is 5.32 Å². The molecule has 0 heterocycles. The van der Waals surface area contributed by atoms with Crippen molar-refractivity contribution >= 4 is 11.9 Å². The van der Waals surface area contributed by atoms with E-state index in [-0.39, 0.29) is 34.9 Å². The highest BCUT2D eigenvalue weighted by molar-refractivity contribution is 5.76. The van der Waals surface area contributed by atoms with E-state index in [0.29, 0.717) is 55.0 Å². The van der Waals surface area contributed by atoms with Gasteiger partial charge in [-0.15, -0.1) is 0 Å². The maximum Gasteiger partial charge on any atom is 0.220 e. The molecule has 0 saturated heterocycles. The van der Waals surface area contributed by atoms with Gasteiger partial charge in [0.1, 0.15) is 0 Å². The van der Waals surface area contributed by atoms with E-state index in [1.807, 2.05) is 0 Å². The van der Waals surface area contributed by atoms with Crippen molar-refractivity contribution in [2.24, 2.45) is 62.8 Å². The second-order valence-electron chi connectivity index (χ2n) is 13.3. The third-order valence-electron chi connectivity index (χ3n) is 11.4. The van der Waals surface area contributed by atoms with Crippen molar-refractivity contribution in [2.45, 2.75) is 110 Å². The Morgan fingerprint density at radius 3 is 2.50 bits per heavy atom. The summed E-state index contributed by atoms with van der Waals surface area (Å²) in [4.78, 5) is 16.4. The second kappa shape index (κ2) is 11.2. The van der Waals surface area contributed by atoms with Crippen LogP contribution in [0.25, 0.3) is 0 Å². The van der Waals surface area contributed by atoms with Crippen LogP contribution in [-0.2, 0) is 4.79 Å². The first-order valence-corrected chi connectivity index (χ1v) is 14.7. The summed E-state index contributed by atoms with van der Waals surface area (Å²) in [5.41, 5.74) is 11.2. The Kier molecular flexibility index (Phi) is 8.60. The van der Waals surface area contributed by atoms with Crippen molar-refractivity contribution in [2.75, 3.05) is 13.1 Å². The van der Waals surface area contributed by atoms with Crippen LogP contribution in [0.15, 0.2) is 4.99 Å². The lowest BCUT2D eigenvalue weighted by Crippen LogP contribution is -2.58. The number of aliphatic hydroxyl groups is 2. The van der Waals surface area contributed by atoms with Crippen LogP contribution in [0.3, 0.4) is 0 Å². The van der Waals surface area contributed by atoms with Crippen LogP contribution in [0.5, 0.6) is 0 Å². The van der Waals surface area contributed by atoms with Gasteiger partial charge in [0, 0.05) is 19.5 Å². The van der Waals surface area contributed by atoms with Gasteiger partial charge in [-0.25, -0.2) is 0 Å². The molecule has 0 aliphatic heterocycles. The summed E-state index contributed by atoms with van der Waals surface area (Å²) in [6.45, 7) is 8.61. The Labute approximate surface area is 218 Å². The van der Waals surface area contributed by atoms with Crippen molar-refractivity contribution in [3.8, 4) is 0 Å². The van der Waals surface area contributed by atoms with Gasteiger partial charge in [-0.2, -0.15) is 0 Å². The molecule has 36 heavy (non-hydrogen) atoms. The summed E-state index contributed by atoms with van der Waals surface area (Å²) in [5, 5.41) is 24.8. The minimum Gasteiger partial charge on any atom is -0.393 e. The number of nitrogens with zero attached hydrogens (tertiary/aromatic N) is 1. The summed E-state index contributed by atoms with van der Waals surface area (Å²) >= 11 is 0. The average molecular weight is 505 g/mol. The third kappa shape index (κ3) is 5.43. The summed E-state index contributed by atoms with van der Waals surface area (Å²) < 4.78 is 0. The molecule has 7 nitrogen and oxygen atoms in total. The molecular formula is C29H52N4O3. The largest absolute Gasteiger partial charge is 0.393 e. The first-order chi connectivity index (χ1) is 17.1. The van der Waals surface area contributed by atoms with E-state index in [4.69, 9.17) is 11.5 Å². The lowest BCUT2D eigenvalue weighted by molar-refractivity contribution is -0.174. The van der Waals surface area contributed by atoms with E-state index in [9.17, 15) is 15.0 Å². The van der Waals surface area contributed by atoms with E-state index in [0.717, 1.165) is 44.9 Å². The number of carbonyl (C=O) groups excluding carboxylic acids is 1. The van der Waals surface area contributed by atoms with Gasteiger partial charge in [0.05, 0.1) is 12.2 Å². The van der Waals surface area contributed by atoms with Crippen LogP contribution >= 0.6 is 0 Å². The standard InChI is InChI=1S/C29H52N4O3/c1-18(6-9-25(36)32-14-4-5-15-33-27(30)31)21-7-8-22-26-23(11-13-29(21,22)3)28(2)12-10-20(34)16-19(28)17-24(26)35/h18-24,26,34-35H,4-17H2,1-3H3,(H,32,36)(H4,30,31,33)/t18-,19+,20-,21-,22+,23+,24+,26+,28+,29-/m0/s1. The molecule has 4 aliphatic carbocycles. The minimum absolute atomic E-state index is 0.120. The Hall–Kier alpha value is -1.34. The fourth-order valence-electron chi connectivity index (χ4n) is 9.50. The Balaban J connectivity index is 1.30. The van der Waals surface area contributed by atoms with Crippen LogP contribution in [0.1, 0.15) is 97.8 Å².